The number of aromatic nitrogens is 3. The molecule has 2 aromatic carbocycles. The van der Waals surface area contributed by atoms with Gasteiger partial charge in [-0.15, -0.1) is 5.10 Å². The van der Waals surface area contributed by atoms with Gasteiger partial charge in [-0.1, -0.05) is 18.2 Å². The maximum absolute atomic E-state index is 12.0. The Balaban J connectivity index is 1.95. The summed E-state index contributed by atoms with van der Waals surface area (Å²) in [6.45, 7) is 2.56. The van der Waals surface area contributed by atoms with Gasteiger partial charge in [0.05, 0.1) is 12.3 Å². The van der Waals surface area contributed by atoms with E-state index in [1.165, 1.54) is 4.68 Å². The second kappa shape index (κ2) is 5.66. The van der Waals surface area contributed by atoms with E-state index < -0.39 is 0 Å². The summed E-state index contributed by atoms with van der Waals surface area (Å²) in [5.41, 5.74) is 1.31. The third kappa shape index (κ3) is 2.72. The molecule has 0 aliphatic carbocycles. The third-order valence-electron chi connectivity index (χ3n) is 3.06. The molecule has 0 atom stereocenters. The monoisotopic (exact) mass is 281 g/mol. The molecule has 0 radical (unpaired) electrons. The van der Waals surface area contributed by atoms with Crippen LogP contribution >= 0.6 is 0 Å². The number of rotatable bonds is 4. The SMILES string of the molecule is CCOc1ccc(-c2nn(-c3ccccc3)c(=O)[nH]2)cc1. The van der Waals surface area contributed by atoms with Crippen LogP contribution in [-0.2, 0) is 0 Å². The zero-order valence-corrected chi connectivity index (χ0v) is 11.6. The average Bonchev–Trinajstić information content (AvgIpc) is 2.91. The smallest absolute Gasteiger partial charge is 0.348 e. The lowest BCUT2D eigenvalue weighted by molar-refractivity contribution is 0.340. The molecule has 0 aliphatic heterocycles. The Bertz CT molecular complexity index is 773. The summed E-state index contributed by atoms with van der Waals surface area (Å²) in [5, 5.41) is 4.33. The van der Waals surface area contributed by atoms with Crippen molar-refractivity contribution >= 4 is 0 Å². The first kappa shape index (κ1) is 13.2. The van der Waals surface area contributed by atoms with Crippen LogP contribution in [0.1, 0.15) is 6.92 Å². The normalized spacial score (nSPS) is 10.5. The van der Waals surface area contributed by atoms with Crippen molar-refractivity contribution in [3.8, 4) is 22.8 Å². The number of H-pyrrole nitrogens is 1. The fourth-order valence-electron chi connectivity index (χ4n) is 2.07. The summed E-state index contributed by atoms with van der Waals surface area (Å²) >= 11 is 0. The van der Waals surface area contributed by atoms with Gasteiger partial charge in [-0.05, 0) is 43.3 Å². The van der Waals surface area contributed by atoms with Crippen molar-refractivity contribution in [2.24, 2.45) is 0 Å². The van der Waals surface area contributed by atoms with Gasteiger partial charge < -0.3 is 4.74 Å². The Labute approximate surface area is 121 Å². The van der Waals surface area contributed by atoms with Crippen LogP contribution in [0, 0.1) is 0 Å². The number of hydrogen-bond donors (Lipinski definition) is 1. The maximum Gasteiger partial charge on any atom is 0.348 e. The lowest BCUT2D eigenvalue weighted by Gasteiger charge is -2.02. The molecule has 5 heteroatoms. The van der Waals surface area contributed by atoms with E-state index >= 15 is 0 Å². The zero-order chi connectivity index (χ0) is 14.7. The molecule has 106 valence electrons. The van der Waals surface area contributed by atoms with Crippen LogP contribution in [0.4, 0.5) is 0 Å². The summed E-state index contributed by atoms with van der Waals surface area (Å²) in [4.78, 5) is 14.8. The lowest BCUT2D eigenvalue weighted by Crippen LogP contribution is -2.15. The number of hydrogen-bond acceptors (Lipinski definition) is 3. The summed E-state index contributed by atoms with van der Waals surface area (Å²) in [7, 11) is 0. The standard InChI is InChI=1S/C16H15N3O2/c1-2-21-14-10-8-12(9-11-14)15-17-16(20)19(18-15)13-6-4-3-5-7-13/h3-11H,2H2,1H3,(H,17,18,20). The van der Waals surface area contributed by atoms with Gasteiger partial charge in [0, 0.05) is 5.56 Å². The van der Waals surface area contributed by atoms with Gasteiger partial charge in [0.1, 0.15) is 5.75 Å². The van der Waals surface area contributed by atoms with E-state index in [2.05, 4.69) is 10.1 Å². The Morgan fingerprint density at radius 1 is 1.10 bits per heavy atom. The molecular weight excluding hydrogens is 266 g/mol. The van der Waals surface area contributed by atoms with Crippen LogP contribution in [0.25, 0.3) is 17.1 Å². The van der Waals surface area contributed by atoms with Crippen LogP contribution in [0.5, 0.6) is 5.75 Å². The van der Waals surface area contributed by atoms with Crippen LogP contribution in [0.15, 0.2) is 59.4 Å². The van der Waals surface area contributed by atoms with E-state index in [0.717, 1.165) is 17.0 Å². The molecule has 0 saturated carbocycles. The summed E-state index contributed by atoms with van der Waals surface area (Å²) in [6, 6.07) is 16.8. The molecule has 0 bridgehead atoms. The van der Waals surface area contributed by atoms with E-state index in [1.807, 2.05) is 61.5 Å². The van der Waals surface area contributed by atoms with E-state index in [1.54, 1.807) is 0 Å². The van der Waals surface area contributed by atoms with E-state index in [-0.39, 0.29) is 5.69 Å². The van der Waals surface area contributed by atoms with Crippen LogP contribution in [0.3, 0.4) is 0 Å². The van der Waals surface area contributed by atoms with Crippen LogP contribution < -0.4 is 10.4 Å². The quantitative estimate of drug-likeness (QED) is 0.799. The van der Waals surface area contributed by atoms with Gasteiger partial charge >= 0.3 is 5.69 Å². The first-order chi connectivity index (χ1) is 10.3. The summed E-state index contributed by atoms with van der Waals surface area (Å²) in [6.07, 6.45) is 0. The van der Waals surface area contributed by atoms with Crippen molar-refractivity contribution in [1.82, 2.24) is 14.8 Å². The topological polar surface area (TPSA) is 59.9 Å². The predicted molar refractivity (Wildman–Crippen MR) is 80.8 cm³/mol. The molecule has 0 fully saturated rings. The number of benzene rings is 2. The molecule has 0 amide bonds. The minimum Gasteiger partial charge on any atom is -0.494 e. The number of nitrogens with zero attached hydrogens (tertiary/aromatic N) is 2. The van der Waals surface area contributed by atoms with Crippen molar-refractivity contribution in [2.45, 2.75) is 6.92 Å². The van der Waals surface area contributed by atoms with Gasteiger partial charge in [0.25, 0.3) is 0 Å². The van der Waals surface area contributed by atoms with Crippen molar-refractivity contribution < 1.29 is 4.74 Å². The highest BCUT2D eigenvalue weighted by molar-refractivity contribution is 5.55. The highest BCUT2D eigenvalue weighted by Crippen LogP contribution is 2.19. The van der Waals surface area contributed by atoms with Crippen LogP contribution in [0.2, 0.25) is 0 Å². The molecule has 0 unspecified atom stereocenters. The maximum atomic E-state index is 12.0. The first-order valence-electron chi connectivity index (χ1n) is 6.76. The highest BCUT2D eigenvalue weighted by atomic mass is 16.5. The minimum atomic E-state index is -0.259. The summed E-state index contributed by atoms with van der Waals surface area (Å²) in [5.74, 6) is 1.33. The fourth-order valence-corrected chi connectivity index (χ4v) is 2.07. The van der Waals surface area contributed by atoms with Crippen molar-refractivity contribution in [2.75, 3.05) is 6.61 Å². The lowest BCUT2D eigenvalue weighted by atomic mass is 10.2. The molecule has 1 aromatic heterocycles. The van der Waals surface area contributed by atoms with E-state index in [0.29, 0.717) is 12.4 Å². The molecule has 21 heavy (non-hydrogen) atoms. The Hall–Kier alpha value is -2.82. The second-order valence-electron chi connectivity index (χ2n) is 4.48. The van der Waals surface area contributed by atoms with Gasteiger partial charge in [-0.2, -0.15) is 4.68 Å². The Morgan fingerprint density at radius 2 is 1.81 bits per heavy atom. The van der Waals surface area contributed by atoms with Gasteiger partial charge in [0.2, 0.25) is 0 Å². The van der Waals surface area contributed by atoms with Crippen molar-refractivity contribution in [3.05, 3.63) is 65.1 Å². The molecule has 0 aliphatic rings. The molecule has 0 saturated heterocycles. The number of aromatic amines is 1. The fraction of sp³-hybridized carbons (Fsp3) is 0.125. The van der Waals surface area contributed by atoms with E-state index in [9.17, 15) is 4.79 Å². The molecule has 5 nitrogen and oxygen atoms in total. The first-order valence-corrected chi connectivity index (χ1v) is 6.76. The third-order valence-corrected chi connectivity index (χ3v) is 3.06. The van der Waals surface area contributed by atoms with Crippen LogP contribution in [-0.4, -0.2) is 21.4 Å². The molecule has 1 N–H and O–H groups in total. The van der Waals surface area contributed by atoms with Crippen molar-refractivity contribution in [1.29, 1.82) is 0 Å². The molecule has 3 rings (SSSR count). The van der Waals surface area contributed by atoms with Gasteiger partial charge in [-0.25, -0.2) is 4.79 Å². The Kier molecular flexibility index (Phi) is 3.55. The Morgan fingerprint density at radius 3 is 2.48 bits per heavy atom. The number of nitrogens with one attached hydrogen (secondary N) is 1. The largest absolute Gasteiger partial charge is 0.494 e. The average molecular weight is 281 g/mol. The molecule has 1 heterocycles. The predicted octanol–water partition coefficient (Wildman–Crippen LogP) is 2.63. The molecule has 0 spiro atoms. The number of para-hydroxylation sites is 1. The minimum absolute atomic E-state index is 0.259. The van der Waals surface area contributed by atoms with E-state index in [4.69, 9.17) is 4.74 Å². The van der Waals surface area contributed by atoms with Gasteiger partial charge in [0.15, 0.2) is 5.82 Å². The molecular formula is C16H15N3O2. The number of ether oxygens (including phenoxy) is 1. The van der Waals surface area contributed by atoms with Crippen molar-refractivity contribution in [3.63, 3.8) is 0 Å². The van der Waals surface area contributed by atoms with Gasteiger partial charge in [-0.3, -0.25) is 4.98 Å². The molecule has 3 aromatic rings. The summed E-state index contributed by atoms with van der Waals surface area (Å²) < 4.78 is 6.75. The zero-order valence-electron chi connectivity index (χ0n) is 11.6. The highest BCUT2D eigenvalue weighted by Gasteiger charge is 2.08. The second-order valence-corrected chi connectivity index (χ2v) is 4.48.